The van der Waals surface area contributed by atoms with E-state index < -0.39 is 11.0 Å². The lowest BCUT2D eigenvalue weighted by atomic mass is 10.0. The summed E-state index contributed by atoms with van der Waals surface area (Å²) >= 11 is 2.91. The largest absolute Gasteiger partial charge is 0.442 e. The fourth-order valence-corrected chi connectivity index (χ4v) is 1.30. The van der Waals surface area contributed by atoms with Crippen molar-refractivity contribution >= 4 is 28.2 Å². The number of carbonyl (C=O) groups is 2. The molecule has 2 atom stereocenters. The number of alkyl halides is 1. The van der Waals surface area contributed by atoms with Gasteiger partial charge in [-0.05, 0) is 28.4 Å². The van der Waals surface area contributed by atoms with Gasteiger partial charge in [0.05, 0.1) is 5.92 Å². The van der Waals surface area contributed by atoms with E-state index in [1.807, 2.05) is 30.3 Å². The van der Waals surface area contributed by atoms with Gasteiger partial charge in [-0.25, -0.2) is 0 Å². The molecule has 1 rings (SSSR count). The fourth-order valence-electron chi connectivity index (χ4n) is 1.12. The molecule has 15 heavy (non-hydrogen) atoms. The van der Waals surface area contributed by atoms with Crippen LogP contribution in [0.4, 0.5) is 0 Å². The molecule has 3 nitrogen and oxygen atoms in total. The Hall–Kier alpha value is -1.16. The number of ether oxygens (including phenoxy) is 1. The predicted molar refractivity (Wildman–Crippen MR) is 59.7 cm³/mol. The Morgan fingerprint density at radius 2 is 2.00 bits per heavy atom. The lowest BCUT2D eigenvalue weighted by Gasteiger charge is -2.12. The maximum Gasteiger partial charge on any atom is 0.314 e. The molecule has 0 N–H and O–H groups in total. The van der Waals surface area contributed by atoms with E-state index in [1.54, 1.807) is 6.92 Å². The molecule has 0 amide bonds. The van der Waals surface area contributed by atoms with Gasteiger partial charge in [-0.2, -0.15) is 0 Å². The number of rotatable bonds is 4. The zero-order chi connectivity index (χ0) is 11.3. The number of carbonyl (C=O) groups excluding carboxylic acids is 2. The molecule has 0 aliphatic rings. The van der Waals surface area contributed by atoms with Gasteiger partial charge in [0.1, 0.15) is 0 Å². The molecule has 1 aromatic carbocycles. The van der Waals surface area contributed by atoms with Crippen LogP contribution in [0.2, 0.25) is 0 Å². The van der Waals surface area contributed by atoms with Crippen LogP contribution in [0.3, 0.4) is 0 Å². The second kappa shape index (κ2) is 5.66. The Balaban J connectivity index is 2.65. The smallest absolute Gasteiger partial charge is 0.314 e. The lowest BCUT2D eigenvalue weighted by molar-refractivity contribution is -0.148. The van der Waals surface area contributed by atoms with Crippen LogP contribution in [0.1, 0.15) is 18.4 Å². The zero-order valence-corrected chi connectivity index (χ0v) is 9.81. The van der Waals surface area contributed by atoms with Crippen LogP contribution in [-0.4, -0.2) is 17.3 Å². The second-order valence-electron chi connectivity index (χ2n) is 3.06. The standard InChI is InChI=1S/C11H11BrO3/c1-8(9-5-3-2-4-6-9)11(14)15-10(12)7-13/h2-8,10H,1H3. The summed E-state index contributed by atoms with van der Waals surface area (Å²) in [6.45, 7) is 1.74. The van der Waals surface area contributed by atoms with Crippen LogP contribution >= 0.6 is 15.9 Å². The second-order valence-corrected chi connectivity index (χ2v) is 3.96. The molecule has 2 unspecified atom stereocenters. The highest BCUT2D eigenvalue weighted by atomic mass is 79.9. The summed E-state index contributed by atoms with van der Waals surface area (Å²) < 4.78 is 4.83. The molecule has 4 heteroatoms. The maximum absolute atomic E-state index is 11.5. The van der Waals surface area contributed by atoms with E-state index in [9.17, 15) is 9.59 Å². The molecule has 0 saturated carbocycles. The average Bonchev–Trinajstić information content (AvgIpc) is 2.29. The van der Waals surface area contributed by atoms with E-state index in [0.717, 1.165) is 5.56 Å². The van der Waals surface area contributed by atoms with E-state index in [0.29, 0.717) is 6.29 Å². The van der Waals surface area contributed by atoms with Crippen molar-refractivity contribution in [2.24, 2.45) is 0 Å². The van der Waals surface area contributed by atoms with Crippen LogP contribution < -0.4 is 0 Å². The summed E-state index contributed by atoms with van der Waals surface area (Å²) in [7, 11) is 0. The van der Waals surface area contributed by atoms with E-state index in [-0.39, 0.29) is 5.92 Å². The molecule has 0 bridgehead atoms. The minimum absolute atomic E-state index is 0.369. The third kappa shape index (κ3) is 3.47. The van der Waals surface area contributed by atoms with Crippen molar-refractivity contribution < 1.29 is 14.3 Å². The van der Waals surface area contributed by atoms with E-state index in [4.69, 9.17) is 4.74 Å². The summed E-state index contributed by atoms with van der Waals surface area (Å²) in [5, 5.41) is -0.865. The Kier molecular flexibility index (Phi) is 4.49. The van der Waals surface area contributed by atoms with Gasteiger partial charge in [0.15, 0.2) is 6.29 Å². The normalized spacial score (nSPS) is 14.0. The van der Waals surface area contributed by atoms with Crippen molar-refractivity contribution in [3.05, 3.63) is 35.9 Å². The van der Waals surface area contributed by atoms with Crippen LogP contribution in [0, 0.1) is 0 Å². The fraction of sp³-hybridized carbons (Fsp3) is 0.273. The van der Waals surface area contributed by atoms with Crippen LogP contribution in [-0.2, 0) is 14.3 Å². The van der Waals surface area contributed by atoms with Crippen LogP contribution in [0.5, 0.6) is 0 Å². The van der Waals surface area contributed by atoms with E-state index in [2.05, 4.69) is 15.9 Å². The van der Waals surface area contributed by atoms with Gasteiger partial charge >= 0.3 is 5.97 Å². The molecule has 0 heterocycles. The van der Waals surface area contributed by atoms with Crippen LogP contribution in [0.25, 0.3) is 0 Å². The Bertz CT molecular complexity index is 337. The minimum atomic E-state index is -0.865. The Morgan fingerprint density at radius 1 is 1.40 bits per heavy atom. The number of hydrogen-bond donors (Lipinski definition) is 0. The SMILES string of the molecule is CC(C(=O)OC(Br)C=O)c1ccccc1. The van der Waals surface area contributed by atoms with Crippen molar-refractivity contribution in [1.82, 2.24) is 0 Å². The summed E-state index contributed by atoms with van der Waals surface area (Å²) in [6, 6.07) is 9.27. The highest BCUT2D eigenvalue weighted by Gasteiger charge is 2.19. The quantitative estimate of drug-likeness (QED) is 0.479. The third-order valence-electron chi connectivity index (χ3n) is 1.99. The molecular weight excluding hydrogens is 260 g/mol. The van der Waals surface area contributed by atoms with Gasteiger partial charge in [0.2, 0.25) is 5.01 Å². The summed E-state index contributed by atoms with van der Waals surface area (Å²) in [6.07, 6.45) is 0.523. The summed E-state index contributed by atoms with van der Waals surface area (Å²) in [4.78, 5) is 21.8. The average molecular weight is 271 g/mol. The zero-order valence-electron chi connectivity index (χ0n) is 8.22. The number of halogens is 1. The summed E-state index contributed by atoms with van der Waals surface area (Å²) in [5.41, 5.74) is 0.869. The topological polar surface area (TPSA) is 43.4 Å². The van der Waals surface area contributed by atoms with Crippen molar-refractivity contribution in [2.45, 2.75) is 17.9 Å². The number of benzene rings is 1. The molecular formula is C11H11BrO3. The minimum Gasteiger partial charge on any atom is -0.442 e. The van der Waals surface area contributed by atoms with Crippen molar-refractivity contribution in [2.75, 3.05) is 0 Å². The number of hydrogen-bond acceptors (Lipinski definition) is 3. The molecule has 0 saturated heterocycles. The van der Waals surface area contributed by atoms with Crippen LogP contribution in [0.15, 0.2) is 30.3 Å². The van der Waals surface area contributed by atoms with Gasteiger partial charge in [-0.15, -0.1) is 0 Å². The monoisotopic (exact) mass is 270 g/mol. The molecule has 80 valence electrons. The first-order valence-electron chi connectivity index (χ1n) is 4.50. The van der Waals surface area contributed by atoms with Crippen molar-refractivity contribution in [1.29, 1.82) is 0 Å². The maximum atomic E-state index is 11.5. The molecule has 0 aliphatic heterocycles. The number of esters is 1. The first kappa shape index (κ1) is 11.9. The predicted octanol–water partition coefficient (Wildman–Crippen LogP) is 2.25. The highest BCUT2D eigenvalue weighted by molar-refractivity contribution is 9.09. The van der Waals surface area contributed by atoms with Crippen molar-refractivity contribution in [3.63, 3.8) is 0 Å². The molecule has 0 aliphatic carbocycles. The molecule has 0 radical (unpaired) electrons. The van der Waals surface area contributed by atoms with E-state index >= 15 is 0 Å². The number of aldehydes is 1. The van der Waals surface area contributed by atoms with Crippen molar-refractivity contribution in [3.8, 4) is 0 Å². The van der Waals surface area contributed by atoms with Gasteiger partial charge in [-0.3, -0.25) is 9.59 Å². The van der Waals surface area contributed by atoms with Gasteiger partial charge in [0, 0.05) is 0 Å². The summed E-state index contributed by atoms with van der Waals surface area (Å²) in [5.74, 6) is -0.790. The molecule has 0 aromatic heterocycles. The molecule has 1 aromatic rings. The first-order valence-corrected chi connectivity index (χ1v) is 5.41. The lowest BCUT2D eigenvalue weighted by Crippen LogP contribution is -2.18. The van der Waals surface area contributed by atoms with Gasteiger partial charge in [0.25, 0.3) is 0 Å². The van der Waals surface area contributed by atoms with Gasteiger partial charge in [-0.1, -0.05) is 30.3 Å². The van der Waals surface area contributed by atoms with Gasteiger partial charge < -0.3 is 4.74 Å². The van der Waals surface area contributed by atoms with E-state index in [1.165, 1.54) is 0 Å². The Morgan fingerprint density at radius 3 is 2.53 bits per heavy atom. The molecule has 0 fully saturated rings. The first-order chi connectivity index (χ1) is 7.15. The third-order valence-corrected chi connectivity index (χ3v) is 2.39. The highest BCUT2D eigenvalue weighted by Crippen LogP contribution is 2.17. The Labute approximate surface area is 96.6 Å². The molecule has 0 spiro atoms.